The van der Waals surface area contributed by atoms with Crippen LogP contribution in [-0.4, -0.2) is 72.3 Å². The molecule has 0 spiro atoms. The average Bonchev–Trinajstić information content (AvgIpc) is 3.57. The second kappa shape index (κ2) is 10.7. The van der Waals surface area contributed by atoms with Crippen LogP contribution in [-0.2, 0) is 9.53 Å². The van der Waals surface area contributed by atoms with Crippen molar-refractivity contribution in [2.75, 3.05) is 55.7 Å². The number of ether oxygens (including phenoxy) is 1. The van der Waals surface area contributed by atoms with Gasteiger partial charge in [-0.3, -0.25) is 4.79 Å². The van der Waals surface area contributed by atoms with E-state index in [4.69, 9.17) is 14.7 Å². The molecule has 2 aromatic heterocycles. The standard InChI is InChI=1S/C28H37N5O2S/c1-4-17-35-28(2,3)19-26(34)33-15-13-31(14-16-33)22-8-9-23-24(18-22)36-27(30-23)21-7-10-25(29-20-21)32-11-5-6-12-32/h7-10,18,20H,4-6,11-17,19H2,1-3H3. The minimum Gasteiger partial charge on any atom is -0.375 e. The van der Waals surface area contributed by atoms with E-state index in [1.54, 1.807) is 11.3 Å². The van der Waals surface area contributed by atoms with E-state index in [0.717, 1.165) is 67.6 Å². The molecule has 36 heavy (non-hydrogen) atoms. The zero-order chi connectivity index (χ0) is 25.1. The Morgan fingerprint density at radius 1 is 1.03 bits per heavy atom. The van der Waals surface area contributed by atoms with Crippen molar-refractivity contribution in [1.82, 2.24) is 14.9 Å². The summed E-state index contributed by atoms with van der Waals surface area (Å²) in [6, 6.07) is 10.8. The first-order valence-electron chi connectivity index (χ1n) is 13.2. The van der Waals surface area contributed by atoms with Crippen LogP contribution in [0.2, 0.25) is 0 Å². The number of fused-ring (bicyclic) bond motifs is 1. The molecule has 0 radical (unpaired) electrons. The Balaban J connectivity index is 1.21. The Morgan fingerprint density at radius 2 is 1.81 bits per heavy atom. The molecule has 4 heterocycles. The van der Waals surface area contributed by atoms with Crippen LogP contribution in [0.3, 0.4) is 0 Å². The number of thiazole rings is 1. The largest absolute Gasteiger partial charge is 0.375 e. The molecule has 0 unspecified atom stereocenters. The number of carbonyl (C=O) groups is 1. The van der Waals surface area contributed by atoms with E-state index in [9.17, 15) is 4.79 Å². The number of hydrogen-bond donors (Lipinski definition) is 0. The predicted octanol–water partition coefficient (Wildman–Crippen LogP) is 5.20. The molecule has 1 aromatic carbocycles. The molecule has 0 atom stereocenters. The molecule has 0 saturated carbocycles. The van der Waals surface area contributed by atoms with Crippen LogP contribution in [0, 0.1) is 0 Å². The Kier molecular flexibility index (Phi) is 7.44. The summed E-state index contributed by atoms with van der Waals surface area (Å²) in [7, 11) is 0. The second-order valence-electron chi connectivity index (χ2n) is 10.4. The number of piperazine rings is 1. The van der Waals surface area contributed by atoms with Crippen molar-refractivity contribution in [3.63, 3.8) is 0 Å². The molecule has 2 saturated heterocycles. The van der Waals surface area contributed by atoms with Crippen LogP contribution >= 0.6 is 11.3 Å². The minimum atomic E-state index is -0.414. The molecule has 3 aromatic rings. The monoisotopic (exact) mass is 507 g/mol. The summed E-state index contributed by atoms with van der Waals surface area (Å²) in [6.07, 6.45) is 5.85. The SMILES string of the molecule is CCCOC(C)(C)CC(=O)N1CCN(c2ccc3nc(-c4ccc(N5CCCC5)nc4)sc3c2)CC1. The van der Waals surface area contributed by atoms with E-state index in [2.05, 4.69) is 47.1 Å². The normalized spacial score (nSPS) is 16.8. The zero-order valence-electron chi connectivity index (χ0n) is 21.7. The summed E-state index contributed by atoms with van der Waals surface area (Å²) in [5, 5.41) is 1.01. The summed E-state index contributed by atoms with van der Waals surface area (Å²) in [6.45, 7) is 12.1. The van der Waals surface area contributed by atoms with E-state index in [-0.39, 0.29) is 5.91 Å². The molecular weight excluding hydrogens is 470 g/mol. The van der Waals surface area contributed by atoms with Crippen molar-refractivity contribution in [2.45, 2.75) is 52.1 Å². The van der Waals surface area contributed by atoms with Crippen molar-refractivity contribution in [3.05, 3.63) is 36.5 Å². The van der Waals surface area contributed by atoms with Crippen molar-refractivity contribution in [1.29, 1.82) is 0 Å². The first-order chi connectivity index (χ1) is 17.4. The Bertz CT molecular complexity index is 1180. The molecule has 0 N–H and O–H groups in total. The smallest absolute Gasteiger partial charge is 0.225 e. The first-order valence-corrected chi connectivity index (χ1v) is 14.0. The quantitative estimate of drug-likeness (QED) is 0.418. The maximum Gasteiger partial charge on any atom is 0.225 e. The van der Waals surface area contributed by atoms with Crippen LogP contribution in [0.15, 0.2) is 36.5 Å². The van der Waals surface area contributed by atoms with Gasteiger partial charge in [-0.1, -0.05) is 6.92 Å². The topological polar surface area (TPSA) is 61.8 Å². The number of benzene rings is 1. The lowest BCUT2D eigenvalue weighted by Gasteiger charge is -2.37. The molecule has 2 fully saturated rings. The van der Waals surface area contributed by atoms with Gasteiger partial charge in [0, 0.05) is 63.3 Å². The lowest BCUT2D eigenvalue weighted by molar-refractivity contribution is -0.138. The minimum absolute atomic E-state index is 0.183. The predicted molar refractivity (Wildman–Crippen MR) is 148 cm³/mol. The van der Waals surface area contributed by atoms with Gasteiger partial charge in [0.05, 0.1) is 22.2 Å². The highest BCUT2D eigenvalue weighted by atomic mass is 32.1. The van der Waals surface area contributed by atoms with Gasteiger partial charge < -0.3 is 19.4 Å². The lowest BCUT2D eigenvalue weighted by atomic mass is 10.0. The van der Waals surface area contributed by atoms with Crippen molar-refractivity contribution < 1.29 is 9.53 Å². The molecule has 192 valence electrons. The Hall–Kier alpha value is -2.71. The average molecular weight is 508 g/mol. The van der Waals surface area contributed by atoms with Crippen molar-refractivity contribution in [3.8, 4) is 10.6 Å². The van der Waals surface area contributed by atoms with Gasteiger partial charge in [-0.2, -0.15) is 0 Å². The fourth-order valence-corrected chi connectivity index (χ4v) is 5.99. The summed E-state index contributed by atoms with van der Waals surface area (Å²) in [5.41, 5.74) is 2.87. The van der Waals surface area contributed by atoms with Crippen LogP contribution in [0.25, 0.3) is 20.8 Å². The van der Waals surface area contributed by atoms with E-state index in [1.165, 1.54) is 23.2 Å². The molecule has 0 bridgehead atoms. The van der Waals surface area contributed by atoms with Crippen LogP contribution < -0.4 is 9.80 Å². The maximum atomic E-state index is 12.8. The van der Waals surface area contributed by atoms with Gasteiger partial charge in [0.2, 0.25) is 5.91 Å². The van der Waals surface area contributed by atoms with Gasteiger partial charge in [0.1, 0.15) is 10.8 Å². The number of nitrogens with zero attached hydrogens (tertiary/aromatic N) is 5. The number of aromatic nitrogens is 2. The lowest BCUT2D eigenvalue weighted by Crippen LogP contribution is -2.50. The number of carbonyl (C=O) groups excluding carboxylic acids is 1. The van der Waals surface area contributed by atoms with Crippen molar-refractivity contribution in [2.24, 2.45) is 0 Å². The number of anilines is 2. The molecule has 2 aliphatic rings. The highest BCUT2D eigenvalue weighted by molar-refractivity contribution is 7.21. The molecular formula is C28H37N5O2S. The van der Waals surface area contributed by atoms with Crippen LogP contribution in [0.4, 0.5) is 11.5 Å². The number of hydrogen-bond acceptors (Lipinski definition) is 7. The van der Waals surface area contributed by atoms with Gasteiger partial charge in [-0.05, 0) is 63.4 Å². The molecule has 8 heteroatoms. The third-order valence-corrected chi connectivity index (χ3v) is 8.14. The highest BCUT2D eigenvalue weighted by Crippen LogP contribution is 2.33. The van der Waals surface area contributed by atoms with E-state index >= 15 is 0 Å². The second-order valence-corrected chi connectivity index (χ2v) is 11.5. The molecule has 0 aliphatic carbocycles. The molecule has 2 aliphatic heterocycles. The summed E-state index contributed by atoms with van der Waals surface area (Å²) in [4.78, 5) is 29.1. The number of rotatable bonds is 8. The fraction of sp³-hybridized carbons (Fsp3) is 0.536. The third-order valence-electron chi connectivity index (χ3n) is 7.07. The summed E-state index contributed by atoms with van der Waals surface area (Å²) < 4.78 is 7.05. The van der Waals surface area contributed by atoms with E-state index < -0.39 is 5.60 Å². The molecule has 1 amide bonds. The highest BCUT2D eigenvalue weighted by Gasteiger charge is 2.28. The first kappa shape index (κ1) is 25.0. The summed E-state index contributed by atoms with van der Waals surface area (Å²) >= 11 is 1.72. The van der Waals surface area contributed by atoms with Crippen molar-refractivity contribution >= 4 is 39.0 Å². The van der Waals surface area contributed by atoms with Crippen LogP contribution in [0.5, 0.6) is 0 Å². The van der Waals surface area contributed by atoms with Gasteiger partial charge in [-0.15, -0.1) is 11.3 Å². The van der Waals surface area contributed by atoms with E-state index in [0.29, 0.717) is 13.0 Å². The zero-order valence-corrected chi connectivity index (χ0v) is 22.5. The van der Waals surface area contributed by atoms with Gasteiger partial charge in [0.25, 0.3) is 0 Å². The van der Waals surface area contributed by atoms with Gasteiger partial charge >= 0.3 is 0 Å². The summed E-state index contributed by atoms with van der Waals surface area (Å²) in [5.74, 6) is 1.25. The van der Waals surface area contributed by atoms with Gasteiger partial charge in [-0.25, -0.2) is 9.97 Å². The Morgan fingerprint density at radius 3 is 2.50 bits per heavy atom. The number of amides is 1. The Labute approximate surface area is 218 Å². The fourth-order valence-electron chi connectivity index (χ4n) is 5.00. The number of pyridine rings is 1. The van der Waals surface area contributed by atoms with Gasteiger partial charge in [0.15, 0.2) is 0 Å². The third kappa shape index (κ3) is 5.65. The molecule has 7 nitrogen and oxygen atoms in total. The van der Waals surface area contributed by atoms with E-state index in [1.807, 2.05) is 24.9 Å². The molecule has 5 rings (SSSR count). The maximum absolute atomic E-state index is 12.8. The van der Waals surface area contributed by atoms with Crippen LogP contribution in [0.1, 0.15) is 46.5 Å².